The molecule has 1 N–H and O–H groups in total. The van der Waals surface area contributed by atoms with E-state index in [2.05, 4.69) is 9.97 Å². The van der Waals surface area contributed by atoms with Crippen molar-refractivity contribution in [3.05, 3.63) is 48.3 Å². The van der Waals surface area contributed by atoms with Crippen LogP contribution in [0.1, 0.15) is 10.4 Å². The number of hydrogen-bond acceptors (Lipinski definition) is 5. The van der Waals surface area contributed by atoms with Crippen molar-refractivity contribution in [2.24, 2.45) is 0 Å². The zero-order chi connectivity index (χ0) is 11.4. The van der Waals surface area contributed by atoms with E-state index >= 15 is 0 Å². The van der Waals surface area contributed by atoms with Crippen LogP contribution >= 0.6 is 0 Å². The molecule has 0 amide bonds. The second kappa shape index (κ2) is 4.39. The van der Waals surface area contributed by atoms with Gasteiger partial charge in [0.15, 0.2) is 0 Å². The van der Waals surface area contributed by atoms with E-state index in [1.807, 2.05) is 0 Å². The summed E-state index contributed by atoms with van der Waals surface area (Å²) in [5.41, 5.74) is 0.324. The Morgan fingerprint density at radius 1 is 1.12 bits per heavy atom. The van der Waals surface area contributed by atoms with Crippen molar-refractivity contribution in [2.45, 2.75) is 0 Å². The fraction of sp³-hybridized carbons (Fsp3) is 0. The molecule has 0 saturated heterocycles. The molecule has 5 nitrogen and oxygen atoms in total. The van der Waals surface area contributed by atoms with Crippen molar-refractivity contribution in [1.82, 2.24) is 9.97 Å². The Labute approximate surface area is 91.4 Å². The molecular weight excluding hydrogens is 208 g/mol. The summed E-state index contributed by atoms with van der Waals surface area (Å²) < 4.78 is 4.90. The Kier molecular flexibility index (Phi) is 2.77. The van der Waals surface area contributed by atoms with Gasteiger partial charge in [-0.2, -0.15) is 0 Å². The Bertz CT molecular complexity index is 482. The maximum absolute atomic E-state index is 11.5. The zero-order valence-electron chi connectivity index (χ0n) is 8.20. The Morgan fingerprint density at radius 3 is 2.38 bits per heavy atom. The van der Waals surface area contributed by atoms with Crippen LogP contribution in [0.5, 0.6) is 11.8 Å². The number of rotatable bonds is 2. The van der Waals surface area contributed by atoms with Crippen LogP contribution in [-0.4, -0.2) is 21.0 Å². The number of carbonyl (C=O) groups excluding carboxylic acids is 1. The number of carbonyl (C=O) groups is 1. The SMILES string of the molecule is O=C(Oc1ncccn1)c1ccc(O)cc1. The molecule has 0 unspecified atom stereocenters. The fourth-order valence-corrected chi connectivity index (χ4v) is 1.08. The first-order valence-electron chi connectivity index (χ1n) is 4.54. The molecule has 0 saturated carbocycles. The number of ether oxygens (including phenoxy) is 1. The second-order valence-corrected chi connectivity index (χ2v) is 2.97. The standard InChI is InChI=1S/C11H8N2O3/c14-9-4-2-8(3-5-9)10(15)16-11-12-6-1-7-13-11/h1-7,14H. The summed E-state index contributed by atoms with van der Waals surface area (Å²) in [7, 11) is 0. The molecule has 5 heteroatoms. The molecule has 16 heavy (non-hydrogen) atoms. The van der Waals surface area contributed by atoms with Gasteiger partial charge in [0.2, 0.25) is 0 Å². The van der Waals surface area contributed by atoms with Gasteiger partial charge in [0.05, 0.1) is 5.56 Å². The minimum Gasteiger partial charge on any atom is -0.508 e. The molecule has 2 aromatic rings. The average molecular weight is 216 g/mol. The number of aromatic nitrogens is 2. The van der Waals surface area contributed by atoms with Crippen LogP contribution < -0.4 is 4.74 Å². The average Bonchev–Trinajstić information content (AvgIpc) is 2.31. The van der Waals surface area contributed by atoms with E-state index in [0.29, 0.717) is 5.56 Å². The van der Waals surface area contributed by atoms with Gasteiger partial charge in [-0.15, -0.1) is 0 Å². The van der Waals surface area contributed by atoms with Crippen LogP contribution in [0.3, 0.4) is 0 Å². The van der Waals surface area contributed by atoms with Gasteiger partial charge >= 0.3 is 12.0 Å². The zero-order valence-corrected chi connectivity index (χ0v) is 8.20. The molecule has 0 aliphatic heterocycles. The number of phenolic OH excluding ortho intramolecular Hbond substituents is 1. The topological polar surface area (TPSA) is 72.3 Å². The molecule has 1 aromatic carbocycles. The summed E-state index contributed by atoms with van der Waals surface area (Å²) in [4.78, 5) is 19.1. The van der Waals surface area contributed by atoms with Crippen molar-refractivity contribution in [3.63, 3.8) is 0 Å². The fourth-order valence-electron chi connectivity index (χ4n) is 1.08. The predicted octanol–water partition coefficient (Wildman–Crippen LogP) is 1.40. The summed E-state index contributed by atoms with van der Waals surface area (Å²) in [6.45, 7) is 0. The van der Waals surface area contributed by atoms with Gasteiger partial charge in [0.1, 0.15) is 5.75 Å². The lowest BCUT2D eigenvalue weighted by Crippen LogP contribution is -2.09. The normalized spacial score (nSPS) is 9.75. The third-order valence-electron chi connectivity index (χ3n) is 1.83. The van der Waals surface area contributed by atoms with Gasteiger partial charge in [-0.25, -0.2) is 14.8 Å². The largest absolute Gasteiger partial charge is 0.508 e. The number of phenols is 1. The van der Waals surface area contributed by atoms with Gasteiger partial charge in [0.25, 0.3) is 0 Å². The third-order valence-corrected chi connectivity index (χ3v) is 1.83. The van der Waals surface area contributed by atoms with Crippen LogP contribution in [0.25, 0.3) is 0 Å². The molecule has 0 bridgehead atoms. The first kappa shape index (κ1) is 10.1. The van der Waals surface area contributed by atoms with E-state index < -0.39 is 5.97 Å². The molecule has 1 aromatic heterocycles. The molecule has 0 spiro atoms. The van der Waals surface area contributed by atoms with Crippen molar-refractivity contribution in [1.29, 1.82) is 0 Å². The molecule has 80 valence electrons. The molecule has 1 heterocycles. The van der Waals surface area contributed by atoms with Gasteiger partial charge < -0.3 is 9.84 Å². The first-order chi connectivity index (χ1) is 7.75. The quantitative estimate of drug-likeness (QED) is 0.768. The number of esters is 1. The molecular formula is C11H8N2O3. The lowest BCUT2D eigenvalue weighted by Gasteiger charge is -2.01. The van der Waals surface area contributed by atoms with Crippen LogP contribution in [0, 0.1) is 0 Å². The smallest absolute Gasteiger partial charge is 0.345 e. The van der Waals surface area contributed by atoms with E-state index in [9.17, 15) is 4.79 Å². The molecule has 0 aliphatic carbocycles. The van der Waals surface area contributed by atoms with Gasteiger partial charge in [-0.05, 0) is 30.3 Å². The highest BCUT2D eigenvalue weighted by Crippen LogP contribution is 2.11. The third kappa shape index (κ3) is 2.33. The molecule has 2 rings (SSSR count). The summed E-state index contributed by atoms with van der Waals surface area (Å²) >= 11 is 0. The molecule has 0 fully saturated rings. The first-order valence-corrected chi connectivity index (χ1v) is 4.54. The summed E-state index contributed by atoms with van der Waals surface area (Å²) in [6, 6.07) is 7.35. The number of nitrogens with zero attached hydrogens (tertiary/aromatic N) is 2. The van der Waals surface area contributed by atoms with Crippen LogP contribution in [0.2, 0.25) is 0 Å². The lowest BCUT2D eigenvalue weighted by molar-refractivity contribution is 0.0719. The minimum absolute atomic E-state index is 0.000532. The number of aromatic hydroxyl groups is 1. The summed E-state index contributed by atoms with van der Waals surface area (Å²) in [6.07, 6.45) is 2.96. The Balaban J connectivity index is 2.12. The van der Waals surface area contributed by atoms with E-state index in [4.69, 9.17) is 9.84 Å². The van der Waals surface area contributed by atoms with Gasteiger partial charge in [0, 0.05) is 12.4 Å². The molecule has 0 radical (unpaired) electrons. The number of hydrogen-bond donors (Lipinski definition) is 1. The van der Waals surface area contributed by atoms with E-state index in [1.54, 1.807) is 6.07 Å². The highest BCUT2D eigenvalue weighted by Gasteiger charge is 2.09. The van der Waals surface area contributed by atoms with Crippen molar-refractivity contribution < 1.29 is 14.6 Å². The van der Waals surface area contributed by atoms with Gasteiger partial charge in [-0.3, -0.25) is 0 Å². The lowest BCUT2D eigenvalue weighted by atomic mass is 10.2. The highest BCUT2D eigenvalue weighted by atomic mass is 16.5. The van der Waals surface area contributed by atoms with Crippen LogP contribution in [0.15, 0.2) is 42.7 Å². The summed E-state index contributed by atoms with van der Waals surface area (Å²) in [5, 5.41) is 9.05. The highest BCUT2D eigenvalue weighted by molar-refractivity contribution is 5.90. The summed E-state index contributed by atoms with van der Waals surface area (Å²) in [5.74, 6) is -0.473. The minimum atomic E-state index is -0.564. The second-order valence-electron chi connectivity index (χ2n) is 2.97. The monoisotopic (exact) mass is 216 g/mol. The maximum Gasteiger partial charge on any atom is 0.345 e. The van der Waals surface area contributed by atoms with E-state index in [0.717, 1.165) is 0 Å². The Morgan fingerprint density at radius 2 is 1.75 bits per heavy atom. The van der Waals surface area contributed by atoms with E-state index in [-0.39, 0.29) is 11.8 Å². The van der Waals surface area contributed by atoms with E-state index in [1.165, 1.54) is 36.7 Å². The van der Waals surface area contributed by atoms with Gasteiger partial charge in [-0.1, -0.05) is 0 Å². The van der Waals surface area contributed by atoms with Crippen molar-refractivity contribution >= 4 is 5.97 Å². The Hall–Kier alpha value is -2.43. The predicted molar refractivity (Wildman–Crippen MR) is 55.1 cm³/mol. The maximum atomic E-state index is 11.5. The van der Waals surface area contributed by atoms with Crippen molar-refractivity contribution in [3.8, 4) is 11.8 Å². The molecule has 0 aliphatic rings. The van der Waals surface area contributed by atoms with Crippen LogP contribution in [0.4, 0.5) is 0 Å². The van der Waals surface area contributed by atoms with Crippen molar-refractivity contribution in [2.75, 3.05) is 0 Å². The number of benzene rings is 1. The van der Waals surface area contributed by atoms with Crippen LogP contribution in [-0.2, 0) is 0 Å². The molecule has 0 atom stereocenters.